The maximum atomic E-state index is 11.3. The highest BCUT2D eigenvalue weighted by molar-refractivity contribution is 5.73. The van der Waals surface area contributed by atoms with E-state index in [1.54, 1.807) is 0 Å². The van der Waals surface area contributed by atoms with E-state index in [1.165, 1.54) is 0 Å². The Morgan fingerprint density at radius 3 is 2.71 bits per heavy atom. The predicted molar refractivity (Wildman–Crippen MR) is 51.6 cm³/mol. The molecule has 0 aromatic rings. The number of rotatable bonds is 0. The molecule has 14 heavy (non-hydrogen) atoms. The predicted octanol–water partition coefficient (Wildman–Crippen LogP) is 1.49. The molecule has 1 N–H and O–H groups in total. The van der Waals surface area contributed by atoms with Crippen molar-refractivity contribution in [1.29, 1.82) is 0 Å². The van der Waals surface area contributed by atoms with Crippen LogP contribution in [0.5, 0.6) is 0 Å². The van der Waals surface area contributed by atoms with E-state index >= 15 is 0 Å². The van der Waals surface area contributed by atoms with Crippen molar-refractivity contribution in [3.8, 4) is 0 Å². The Balaban J connectivity index is 2.33. The molecule has 2 aliphatic rings. The normalized spacial score (nSPS) is 45.9. The number of carbonyl (C=O) groups is 1. The van der Waals surface area contributed by atoms with Gasteiger partial charge in [0.1, 0.15) is 5.60 Å². The Labute approximate surface area is 84.4 Å². The molecule has 2 rings (SSSR count). The third-order valence-corrected chi connectivity index (χ3v) is 4.13. The molecule has 3 nitrogen and oxygen atoms in total. The van der Waals surface area contributed by atoms with Gasteiger partial charge in [-0.25, -0.2) is 0 Å². The smallest absolute Gasteiger partial charge is 0.306 e. The zero-order valence-corrected chi connectivity index (χ0v) is 9.04. The Hall–Kier alpha value is -0.570. The molecule has 0 unspecified atom stereocenters. The first kappa shape index (κ1) is 9.97. The second-order valence-corrected chi connectivity index (χ2v) is 5.42. The van der Waals surface area contributed by atoms with Crippen LogP contribution in [0, 0.1) is 11.3 Å². The van der Waals surface area contributed by atoms with E-state index in [1.807, 2.05) is 20.8 Å². The van der Waals surface area contributed by atoms with Crippen molar-refractivity contribution in [2.24, 2.45) is 11.3 Å². The first-order valence-electron chi connectivity index (χ1n) is 5.26. The minimum absolute atomic E-state index is 0.111. The summed E-state index contributed by atoms with van der Waals surface area (Å²) in [6.45, 7) is 6.06. The lowest BCUT2D eigenvalue weighted by Crippen LogP contribution is -2.51. The number of carbonyl (C=O) groups excluding carboxylic acids is 1. The van der Waals surface area contributed by atoms with Gasteiger partial charge in [-0.05, 0) is 25.2 Å². The monoisotopic (exact) mass is 198 g/mol. The Morgan fingerprint density at radius 2 is 2.07 bits per heavy atom. The second-order valence-electron chi connectivity index (χ2n) is 5.42. The van der Waals surface area contributed by atoms with Crippen LogP contribution in [0.3, 0.4) is 0 Å². The molecule has 0 radical (unpaired) electrons. The molecule has 0 aromatic heterocycles. The van der Waals surface area contributed by atoms with Gasteiger partial charge in [0, 0.05) is 5.92 Å². The van der Waals surface area contributed by atoms with E-state index in [0.29, 0.717) is 6.42 Å². The van der Waals surface area contributed by atoms with E-state index in [-0.39, 0.29) is 29.0 Å². The van der Waals surface area contributed by atoms with Gasteiger partial charge in [0.2, 0.25) is 0 Å². The summed E-state index contributed by atoms with van der Waals surface area (Å²) >= 11 is 0. The van der Waals surface area contributed by atoms with E-state index in [0.717, 1.165) is 12.8 Å². The summed E-state index contributed by atoms with van der Waals surface area (Å²) in [4.78, 5) is 11.3. The summed E-state index contributed by atoms with van der Waals surface area (Å²) in [6.07, 6.45) is 1.66. The van der Waals surface area contributed by atoms with Gasteiger partial charge in [-0.15, -0.1) is 0 Å². The maximum Gasteiger partial charge on any atom is 0.306 e. The van der Waals surface area contributed by atoms with E-state index in [9.17, 15) is 9.90 Å². The molecule has 1 heterocycles. The second kappa shape index (κ2) is 2.72. The van der Waals surface area contributed by atoms with Gasteiger partial charge in [-0.1, -0.05) is 13.8 Å². The quantitative estimate of drug-likeness (QED) is 0.600. The molecule has 2 fully saturated rings. The average molecular weight is 198 g/mol. The molecule has 1 saturated carbocycles. The van der Waals surface area contributed by atoms with Crippen LogP contribution in [0.4, 0.5) is 0 Å². The lowest BCUT2D eigenvalue weighted by molar-refractivity contribution is -0.158. The number of esters is 1. The first-order chi connectivity index (χ1) is 6.36. The molecular formula is C11H18O3. The average Bonchev–Trinajstić information content (AvgIpc) is 2.37. The van der Waals surface area contributed by atoms with Crippen LogP contribution < -0.4 is 0 Å². The fourth-order valence-corrected chi connectivity index (χ4v) is 3.06. The molecule has 1 saturated heterocycles. The van der Waals surface area contributed by atoms with Gasteiger partial charge in [0.25, 0.3) is 0 Å². The number of aliphatic hydroxyl groups is 1. The third-order valence-electron chi connectivity index (χ3n) is 4.13. The minimum atomic E-state index is -0.334. The van der Waals surface area contributed by atoms with Gasteiger partial charge < -0.3 is 9.84 Å². The van der Waals surface area contributed by atoms with E-state index in [2.05, 4.69) is 0 Å². The van der Waals surface area contributed by atoms with Crippen LogP contribution in [-0.2, 0) is 9.53 Å². The highest BCUT2D eigenvalue weighted by Crippen LogP contribution is 2.52. The summed E-state index contributed by atoms with van der Waals surface area (Å²) < 4.78 is 5.39. The number of ether oxygens (including phenoxy) is 1. The molecule has 0 bridgehead atoms. The standard InChI is InChI=1S/C11H18O3/c1-10(2)7-6-9(13)14-11(7,3)5-4-8(10)12/h7-8,12H,4-6H2,1-3H3/t7-,8+,11-/m1/s1. The molecule has 3 atom stereocenters. The van der Waals surface area contributed by atoms with Crippen LogP contribution in [-0.4, -0.2) is 22.8 Å². The fourth-order valence-electron chi connectivity index (χ4n) is 3.06. The zero-order valence-electron chi connectivity index (χ0n) is 9.04. The van der Waals surface area contributed by atoms with Crippen LogP contribution in [0.2, 0.25) is 0 Å². The van der Waals surface area contributed by atoms with E-state index < -0.39 is 0 Å². The topological polar surface area (TPSA) is 46.5 Å². The molecule has 1 aliphatic heterocycles. The molecule has 0 spiro atoms. The molecular weight excluding hydrogens is 180 g/mol. The summed E-state index contributed by atoms with van der Waals surface area (Å²) in [5, 5.41) is 9.92. The van der Waals surface area contributed by atoms with Gasteiger partial charge >= 0.3 is 5.97 Å². The highest BCUT2D eigenvalue weighted by atomic mass is 16.6. The van der Waals surface area contributed by atoms with Crippen molar-refractivity contribution >= 4 is 5.97 Å². The van der Waals surface area contributed by atoms with Crippen molar-refractivity contribution in [1.82, 2.24) is 0 Å². The van der Waals surface area contributed by atoms with Crippen molar-refractivity contribution < 1.29 is 14.6 Å². The molecule has 0 amide bonds. The summed E-state index contributed by atoms with van der Waals surface area (Å²) in [5.74, 6) is 0.0472. The van der Waals surface area contributed by atoms with Gasteiger partial charge in [0.05, 0.1) is 12.5 Å². The van der Waals surface area contributed by atoms with Gasteiger partial charge in [-0.2, -0.15) is 0 Å². The summed E-state index contributed by atoms with van der Waals surface area (Å²) in [6, 6.07) is 0. The number of fused-ring (bicyclic) bond motifs is 1. The molecule has 80 valence electrons. The van der Waals surface area contributed by atoms with Crippen LogP contribution in [0.25, 0.3) is 0 Å². The summed E-state index contributed by atoms with van der Waals surface area (Å²) in [5.41, 5.74) is -0.543. The van der Waals surface area contributed by atoms with Crippen LogP contribution in [0.1, 0.15) is 40.0 Å². The van der Waals surface area contributed by atoms with Crippen molar-refractivity contribution in [2.45, 2.75) is 51.7 Å². The molecule has 1 aliphatic carbocycles. The van der Waals surface area contributed by atoms with Gasteiger partial charge in [0.15, 0.2) is 0 Å². The zero-order chi connectivity index (χ0) is 10.6. The van der Waals surface area contributed by atoms with Gasteiger partial charge in [-0.3, -0.25) is 4.79 Å². The number of hydrogen-bond acceptors (Lipinski definition) is 3. The lowest BCUT2D eigenvalue weighted by Gasteiger charge is -2.47. The van der Waals surface area contributed by atoms with Crippen LogP contribution in [0.15, 0.2) is 0 Å². The summed E-state index contributed by atoms with van der Waals surface area (Å²) in [7, 11) is 0. The van der Waals surface area contributed by atoms with Crippen molar-refractivity contribution in [3.63, 3.8) is 0 Å². The molecule has 3 heteroatoms. The largest absolute Gasteiger partial charge is 0.459 e. The molecule has 0 aromatic carbocycles. The number of aliphatic hydroxyl groups excluding tert-OH is 1. The minimum Gasteiger partial charge on any atom is -0.459 e. The van der Waals surface area contributed by atoms with Crippen molar-refractivity contribution in [2.75, 3.05) is 0 Å². The van der Waals surface area contributed by atoms with Crippen molar-refractivity contribution in [3.05, 3.63) is 0 Å². The first-order valence-corrected chi connectivity index (χ1v) is 5.26. The SMILES string of the molecule is CC1(C)[C@H]2CC(=O)O[C@]2(C)CC[C@@H]1O. The highest BCUT2D eigenvalue weighted by Gasteiger charge is 2.57. The lowest BCUT2D eigenvalue weighted by atomic mass is 9.60. The maximum absolute atomic E-state index is 11.3. The fraction of sp³-hybridized carbons (Fsp3) is 0.909. The number of hydrogen-bond donors (Lipinski definition) is 1. The Morgan fingerprint density at radius 1 is 1.43 bits per heavy atom. The van der Waals surface area contributed by atoms with E-state index in [4.69, 9.17) is 4.74 Å². The van der Waals surface area contributed by atoms with Crippen LogP contribution >= 0.6 is 0 Å². The Kier molecular flexibility index (Phi) is 1.94. The Bertz CT molecular complexity index is 272. The third kappa shape index (κ3) is 1.18.